The molecule has 0 aliphatic heterocycles. The van der Waals surface area contributed by atoms with Crippen LogP contribution in [-0.2, 0) is 23.8 Å². The Morgan fingerprint density at radius 1 is 0.371 bits per heavy atom. The fourth-order valence-electron chi connectivity index (χ4n) is 6.61. The molecule has 5 heteroatoms. The number of unbranched alkanes of at least 4 members (excludes halogenated alkanes) is 16. The van der Waals surface area contributed by atoms with Crippen molar-refractivity contribution >= 4 is 11.9 Å². The second-order valence-corrected chi connectivity index (χ2v) is 16.3. The molecule has 0 aromatic rings. The predicted octanol–water partition coefficient (Wildman–Crippen LogP) is 17.2. The van der Waals surface area contributed by atoms with Gasteiger partial charge in [-0.25, -0.2) is 0 Å². The van der Waals surface area contributed by atoms with E-state index in [1.54, 1.807) is 0 Å². The van der Waals surface area contributed by atoms with E-state index in [0.29, 0.717) is 25.9 Å². The van der Waals surface area contributed by atoms with E-state index in [1.807, 2.05) is 6.08 Å². The van der Waals surface area contributed by atoms with E-state index < -0.39 is 6.10 Å². The summed E-state index contributed by atoms with van der Waals surface area (Å²) >= 11 is 0. The van der Waals surface area contributed by atoms with Gasteiger partial charge in [0.05, 0.1) is 6.61 Å². The number of esters is 2. The van der Waals surface area contributed by atoms with E-state index in [4.69, 9.17) is 14.2 Å². The zero-order chi connectivity index (χ0) is 44.9. The van der Waals surface area contributed by atoms with Crippen molar-refractivity contribution in [2.24, 2.45) is 0 Å². The topological polar surface area (TPSA) is 61.8 Å². The van der Waals surface area contributed by atoms with Crippen molar-refractivity contribution in [3.05, 3.63) is 109 Å². The Hall–Kier alpha value is -3.44. The van der Waals surface area contributed by atoms with Gasteiger partial charge in [-0.15, -0.1) is 0 Å². The summed E-state index contributed by atoms with van der Waals surface area (Å²) in [6, 6.07) is 0. The summed E-state index contributed by atoms with van der Waals surface area (Å²) in [6.07, 6.45) is 71.1. The van der Waals surface area contributed by atoms with E-state index in [-0.39, 0.29) is 25.2 Å². The fourth-order valence-corrected chi connectivity index (χ4v) is 6.61. The van der Waals surface area contributed by atoms with Gasteiger partial charge in [-0.1, -0.05) is 220 Å². The molecule has 62 heavy (non-hydrogen) atoms. The summed E-state index contributed by atoms with van der Waals surface area (Å²) in [5.41, 5.74) is 0. The van der Waals surface area contributed by atoms with Crippen LogP contribution in [0.1, 0.15) is 213 Å². The predicted molar refractivity (Wildman–Crippen MR) is 269 cm³/mol. The molecule has 0 amide bonds. The lowest BCUT2D eigenvalue weighted by atomic mass is 10.1. The third-order valence-corrected chi connectivity index (χ3v) is 10.3. The number of hydrogen-bond donors (Lipinski definition) is 0. The molecular formula is C57H94O5. The Morgan fingerprint density at radius 2 is 0.758 bits per heavy atom. The molecule has 0 aliphatic carbocycles. The number of carbonyl (C=O) groups excluding carboxylic acids is 2. The minimum atomic E-state index is -0.574. The lowest BCUT2D eigenvalue weighted by Crippen LogP contribution is -2.30. The summed E-state index contributed by atoms with van der Waals surface area (Å²) in [7, 11) is 0. The zero-order valence-electron chi connectivity index (χ0n) is 40.3. The van der Waals surface area contributed by atoms with Gasteiger partial charge in [-0.2, -0.15) is 0 Å². The lowest BCUT2D eigenvalue weighted by molar-refractivity contribution is -0.162. The first-order chi connectivity index (χ1) is 30.6. The zero-order valence-corrected chi connectivity index (χ0v) is 40.3. The van der Waals surface area contributed by atoms with Crippen LogP contribution in [0.5, 0.6) is 0 Å². The Bertz CT molecular complexity index is 1250. The van der Waals surface area contributed by atoms with Gasteiger partial charge in [0.15, 0.2) is 6.10 Å². The monoisotopic (exact) mass is 859 g/mol. The largest absolute Gasteiger partial charge is 0.462 e. The van der Waals surface area contributed by atoms with Crippen molar-refractivity contribution in [2.45, 2.75) is 219 Å². The van der Waals surface area contributed by atoms with Crippen LogP contribution in [-0.4, -0.2) is 37.9 Å². The van der Waals surface area contributed by atoms with Gasteiger partial charge in [0.25, 0.3) is 0 Å². The molecule has 5 nitrogen and oxygen atoms in total. The van der Waals surface area contributed by atoms with Gasteiger partial charge < -0.3 is 14.2 Å². The maximum atomic E-state index is 12.7. The van der Waals surface area contributed by atoms with Crippen LogP contribution >= 0.6 is 0 Å². The first-order valence-corrected chi connectivity index (χ1v) is 25.4. The van der Waals surface area contributed by atoms with Gasteiger partial charge >= 0.3 is 11.9 Å². The minimum Gasteiger partial charge on any atom is -0.462 e. The van der Waals surface area contributed by atoms with Crippen LogP contribution in [0.25, 0.3) is 0 Å². The summed E-state index contributed by atoms with van der Waals surface area (Å²) < 4.78 is 17.3. The molecule has 0 spiro atoms. The van der Waals surface area contributed by atoms with E-state index >= 15 is 0 Å². The molecule has 0 bridgehead atoms. The van der Waals surface area contributed by atoms with Crippen molar-refractivity contribution in [2.75, 3.05) is 19.8 Å². The molecule has 0 rings (SSSR count). The molecule has 1 unspecified atom stereocenters. The Balaban J connectivity index is 4.33. The van der Waals surface area contributed by atoms with E-state index in [1.165, 1.54) is 83.5 Å². The van der Waals surface area contributed by atoms with Gasteiger partial charge in [0.1, 0.15) is 6.61 Å². The third-order valence-electron chi connectivity index (χ3n) is 10.3. The highest BCUT2D eigenvalue weighted by atomic mass is 16.6. The first-order valence-electron chi connectivity index (χ1n) is 25.4. The summed E-state index contributed by atoms with van der Waals surface area (Å²) in [5, 5.41) is 0. The third kappa shape index (κ3) is 49.2. The number of ether oxygens (including phenoxy) is 3. The Kier molecular flexibility index (Phi) is 49.0. The maximum Gasteiger partial charge on any atom is 0.306 e. The van der Waals surface area contributed by atoms with Crippen LogP contribution in [0.3, 0.4) is 0 Å². The number of hydrogen-bond acceptors (Lipinski definition) is 5. The van der Waals surface area contributed by atoms with Crippen molar-refractivity contribution in [1.29, 1.82) is 0 Å². The fraction of sp³-hybridized carbons (Fsp3) is 0.649. The van der Waals surface area contributed by atoms with Crippen LogP contribution in [0.2, 0.25) is 0 Å². The molecule has 0 saturated carbocycles. The second-order valence-electron chi connectivity index (χ2n) is 16.3. The van der Waals surface area contributed by atoms with Crippen LogP contribution in [0, 0.1) is 0 Å². The van der Waals surface area contributed by atoms with Crippen molar-refractivity contribution in [3.8, 4) is 0 Å². The number of carbonyl (C=O) groups is 2. The van der Waals surface area contributed by atoms with Gasteiger partial charge in [-0.05, 0) is 89.9 Å². The highest BCUT2D eigenvalue weighted by Gasteiger charge is 2.17. The van der Waals surface area contributed by atoms with Crippen LogP contribution < -0.4 is 0 Å². The molecule has 0 saturated heterocycles. The average molecular weight is 859 g/mol. The normalized spacial score (nSPS) is 13.1. The maximum absolute atomic E-state index is 12.7. The first kappa shape index (κ1) is 58.6. The Labute approximate surface area is 383 Å². The smallest absolute Gasteiger partial charge is 0.306 e. The van der Waals surface area contributed by atoms with Crippen LogP contribution in [0.15, 0.2) is 109 Å². The molecule has 0 radical (unpaired) electrons. The van der Waals surface area contributed by atoms with Gasteiger partial charge in [0, 0.05) is 19.4 Å². The standard InChI is InChI=1S/C57H94O5/c1-4-7-10-13-16-19-21-23-25-27-29-30-32-34-36-39-41-44-47-50-56(58)61-54-55(62-57(59)51-48-45-42-38-18-15-12-9-6-3)53-60-52-49-46-43-40-37-35-33-31-28-26-24-22-20-17-14-11-8-5-2/h7-8,10-11,16-17,19-20,23-26,29-30,34,36,41,44,55H,4-6,9,12-15,18,21-22,27-28,31-33,35,37-40,42-43,45-54H2,1-3H3/b10-7-,11-8-,19-16-,20-17-,25-23-,26-24-,30-29-,36-34-,44-41-. The molecule has 1 atom stereocenters. The van der Waals surface area contributed by atoms with Gasteiger partial charge in [-0.3, -0.25) is 9.59 Å². The van der Waals surface area contributed by atoms with Crippen molar-refractivity contribution in [3.63, 3.8) is 0 Å². The Morgan fingerprint density at radius 3 is 1.23 bits per heavy atom. The summed E-state index contributed by atoms with van der Waals surface area (Å²) in [6.45, 7) is 7.48. The lowest BCUT2D eigenvalue weighted by Gasteiger charge is -2.18. The van der Waals surface area contributed by atoms with E-state index in [0.717, 1.165) is 89.9 Å². The minimum absolute atomic E-state index is 0.0376. The molecule has 0 N–H and O–H groups in total. The molecule has 0 fully saturated rings. The second kappa shape index (κ2) is 51.9. The molecular weight excluding hydrogens is 765 g/mol. The molecule has 0 aliphatic rings. The summed E-state index contributed by atoms with van der Waals surface area (Å²) in [5.74, 6) is -0.505. The van der Waals surface area contributed by atoms with E-state index in [9.17, 15) is 9.59 Å². The molecule has 0 aromatic carbocycles. The quantitative estimate of drug-likeness (QED) is 0.0347. The number of rotatable bonds is 45. The van der Waals surface area contributed by atoms with E-state index in [2.05, 4.69) is 124 Å². The van der Waals surface area contributed by atoms with Crippen LogP contribution in [0.4, 0.5) is 0 Å². The molecule has 352 valence electrons. The number of allylic oxidation sites excluding steroid dienone is 18. The SMILES string of the molecule is CC/C=C\C/C=C\C/C=C\C/C=C\C/C=C\C/C=C\CCC(=O)OCC(COCCCCCCCCCC/C=C\C/C=C\C/C=C\CC)OC(=O)CCCCCCCCCCC. The summed E-state index contributed by atoms with van der Waals surface area (Å²) in [4.78, 5) is 25.3. The highest BCUT2D eigenvalue weighted by Crippen LogP contribution is 2.13. The van der Waals surface area contributed by atoms with Crippen molar-refractivity contribution < 1.29 is 23.8 Å². The van der Waals surface area contributed by atoms with Gasteiger partial charge in [0.2, 0.25) is 0 Å². The molecule has 0 heterocycles. The highest BCUT2D eigenvalue weighted by molar-refractivity contribution is 5.70. The van der Waals surface area contributed by atoms with Crippen molar-refractivity contribution in [1.82, 2.24) is 0 Å². The average Bonchev–Trinajstić information content (AvgIpc) is 3.27. The molecule has 0 aromatic heterocycles.